The Morgan fingerprint density at radius 1 is 1.24 bits per heavy atom. The van der Waals surface area contributed by atoms with Gasteiger partial charge in [0.1, 0.15) is 0 Å². The van der Waals surface area contributed by atoms with Crippen molar-refractivity contribution in [2.45, 2.75) is 6.54 Å². The monoisotopic (exact) mass is 414 g/mol. The molecule has 1 amide bonds. The van der Waals surface area contributed by atoms with Crippen LogP contribution in [0.25, 0.3) is 0 Å². The Morgan fingerprint density at radius 3 is 2.62 bits per heavy atom. The molecule has 0 fully saturated rings. The number of carbonyl (C=O) groups is 1. The smallest absolute Gasteiger partial charge is 0.255 e. The fraction of sp³-hybridized carbons (Fsp3) is 0.188. The van der Waals surface area contributed by atoms with Crippen LogP contribution >= 0.6 is 34.2 Å². The number of halogens is 2. The molecule has 0 saturated heterocycles. The average molecular weight is 415 g/mol. The minimum absolute atomic E-state index is 0.153. The fourth-order valence-electron chi connectivity index (χ4n) is 1.95. The van der Waals surface area contributed by atoms with Crippen molar-refractivity contribution in [2.24, 2.45) is 0 Å². The van der Waals surface area contributed by atoms with Gasteiger partial charge in [0, 0.05) is 21.4 Å². The molecule has 2 aromatic carbocycles. The Morgan fingerprint density at radius 2 is 1.95 bits per heavy atom. The number of carbonyl (C=O) groups excluding carboxylic acids is 1. The highest BCUT2D eigenvalue weighted by Crippen LogP contribution is 2.21. The van der Waals surface area contributed by atoms with Gasteiger partial charge in [0.2, 0.25) is 0 Å². The number of para-hydroxylation sites is 1. The molecule has 0 atom stereocenters. The van der Waals surface area contributed by atoms with Crippen LogP contribution in [0.15, 0.2) is 42.5 Å². The van der Waals surface area contributed by atoms with Crippen LogP contribution in [0.4, 0.5) is 5.69 Å². The molecular weight excluding hydrogens is 399 g/mol. The zero-order valence-corrected chi connectivity index (χ0v) is 14.8. The molecule has 0 aliphatic carbocycles. The third kappa shape index (κ3) is 4.43. The van der Waals surface area contributed by atoms with Gasteiger partial charge in [-0.25, -0.2) is 0 Å². The molecule has 5 heteroatoms. The number of nitrogens with one attached hydrogen (secondary N) is 1. The normalized spacial score (nSPS) is 10.7. The van der Waals surface area contributed by atoms with Crippen LogP contribution in [0, 0.1) is 3.57 Å². The van der Waals surface area contributed by atoms with Crippen LogP contribution in [0.1, 0.15) is 15.9 Å². The first kappa shape index (κ1) is 16.3. The van der Waals surface area contributed by atoms with Gasteiger partial charge in [-0.15, -0.1) is 0 Å². The maximum absolute atomic E-state index is 12.3. The molecule has 0 radical (unpaired) electrons. The Kier molecular flexibility index (Phi) is 5.61. The fourth-order valence-corrected chi connectivity index (χ4v) is 2.47. The molecule has 110 valence electrons. The minimum atomic E-state index is -0.153. The van der Waals surface area contributed by atoms with Gasteiger partial charge in [-0.2, -0.15) is 0 Å². The second-order valence-electron chi connectivity index (χ2n) is 4.98. The van der Waals surface area contributed by atoms with Crippen LogP contribution in [0.3, 0.4) is 0 Å². The topological polar surface area (TPSA) is 32.3 Å². The largest absolute Gasteiger partial charge is 0.322 e. The molecule has 0 spiro atoms. The highest BCUT2D eigenvalue weighted by atomic mass is 127. The lowest BCUT2D eigenvalue weighted by Gasteiger charge is -2.15. The van der Waals surface area contributed by atoms with Gasteiger partial charge < -0.3 is 10.2 Å². The van der Waals surface area contributed by atoms with Gasteiger partial charge in [0.25, 0.3) is 5.91 Å². The van der Waals surface area contributed by atoms with Crippen molar-refractivity contribution < 1.29 is 4.79 Å². The van der Waals surface area contributed by atoms with E-state index in [1.165, 1.54) is 0 Å². The molecular formula is C16H16ClIN2O. The molecule has 2 rings (SSSR count). The summed E-state index contributed by atoms with van der Waals surface area (Å²) >= 11 is 8.20. The van der Waals surface area contributed by atoms with E-state index in [1.807, 2.05) is 44.4 Å². The molecule has 1 N–H and O–H groups in total. The molecule has 0 bridgehead atoms. The van der Waals surface area contributed by atoms with Crippen LogP contribution in [0.5, 0.6) is 0 Å². The van der Waals surface area contributed by atoms with Crippen molar-refractivity contribution in [3.8, 4) is 0 Å². The van der Waals surface area contributed by atoms with Crippen LogP contribution in [-0.4, -0.2) is 24.9 Å². The third-order valence-electron chi connectivity index (χ3n) is 2.93. The molecule has 21 heavy (non-hydrogen) atoms. The van der Waals surface area contributed by atoms with Crippen LogP contribution in [0.2, 0.25) is 5.02 Å². The Balaban J connectivity index is 2.21. The highest BCUT2D eigenvalue weighted by molar-refractivity contribution is 14.1. The van der Waals surface area contributed by atoms with E-state index < -0.39 is 0 Å². The van der Waals surface area contributed by atoms with Gasteiger partial charge in [-0.1, -0.05) is 29.8 Å². The standard InChI is InChI=1S/C16H16ClIN2O/c1-20(2)10-12-5-3-4-6-15(12)19-16(21)11-7-8-14(18)13(17)9-11/h3-9H,10H2,1-2H3,(H,19,21). The summed E-state index contributed by atoms with van der Waals surface area (Å²) in [5.41, 5.74) is 2.46. The summed E-state index contributed by atoms with van der Waals surface area (Å²) in [6, 6.07) is 13.1. The summed E-state index contributed by atoms with van der Waals surface area (Å²) in [6.07, 6.45) is 0. The van der Waals surface area contributed by atoms with Crippen molar-refractivity contribution in [1.29, 1.82) is 0 Å². The molecule has 0 heterocycles. The molecule has 0 aliphatic heterocycles. The summed E-state index contributed by atoms with van der Waals surface area (Å²) in [4.78, 5) is 14.4. The Bertz CT molecular complexity index is 658. The van der Waals surface area contributed by atoms with Crippen LogP contribution in [-0.2, 0) is 6.54 Å². The zero-order valence-electron chi connectivity index (χ0n) is 11.9. The van der Waals surface area contributed by atoms with Gasteiger partial charge in [0.05, 0.1) is 5.02 Å². The van der Waals surface area contributed by atoms with Crippen molar-refractivity contribution >= 4 is 45.8 Å². The van der Waals surface area contributed by atoms with E-state index in [4.69, 9.17) is 11.6 Å². The Hall–Kier alpha value is -1.11. The number of benzene rings is 2. The average Bonchev–Trinajstić information content (AvgIpc) is 2.43. The van der Waals surface area contributed by atoms with Crippen molar-refractivity contribution in [3.63, 3.8) is 0 Å². The summed E-state index contributed by atoms with van der Waals surface area (Å²) in [5, 5.41) is 3.54. The SMILES string of the molecule is CN(C)Cc1ccccc1NC(=O)c1ccc(I)c(Cl)c1. The first-order valence-corrected chi connectivity index (χ1v) is 7.92. The summed E-state index contributed by atoms with van der Waals surface area (Å²) < 4.78 is 0.929. The first-order chi connectivity index (χ1) is 9.97. The minimum Gasteiger partial charge on any atom is -0.322 e. The van der Waals surface area contributed by atoms with E-state index in [9.17, 15) is 4.79 Å². The molecule has 2 aromatic rings. The number of hydrogen-bond donors (Lipinski definition) is 1. The number of hydrogen-bond acceptors (Lipinski definition) is 2. The van der Waals surface area contributed by atoms with Gasteiger partial charge >= 0.3 is 0 Å². The summed E-state index contributed by atoms with van der Waals surface area (Å²) in [7, 11) is 4.00. The predicted octanol–water partition coefficient (Wildman–Crippen LogP) is 4.26. The van der Waals surface area contributed by atoms with Crippen LogP contribution < -0.4 is 5.32 Å². The molecule has 0 aromatic heterocycles. The van der Waals surface area contributed by atoms with E-state index in [0.717, 1.165) is 21.4 Å². The highest BCUT2D eigenvalue weighted by Gasteiger charge is 2.10. The zero-order chi connectivity index (χ0) is 15.4. The van der Waals surface area contributed by atoms with Crippen molar-refractivity contribution in [2.75, 3.05) is 19.4 Å². The predicted molar refractivity (Wildman–Crippen MR) is 96.0 cm³/mol. The lowest BCUT2D eigenvalue weighted by Crippen LogP contribution is -2.16. The van der Waals surface area contributed by atoms with Gasteiger partial charge in [0.15, 0.2) is 0 Å². The summed E-state index contributed by atoms with van der Waals surface area (Å²) in [5.74, 6) is -0.153. The lowest BCUT2D eigenvalue weighted by atomic mass is 10.1. The second-order valence-corrected chi connectivity index (χ2v) is 6.55. The Labute approximate surface area is 143 Å². The van der Waals surface area contributed by atoms with E-state index >= 15 is 0 Å². The molecule has 3 nitrogen and oxygen atoms in total. The summed E-state index contributed by atoms with van der Waals surface area (Å²) in [6.45, 7) is 0.768. The molecule has 0 aliphatic rings. The maximum atomic E-state index is 12.3. The lowest BCUT2D eigenvalue weighted by molar-refractivity contribution is 0.102. The van der Waals surface area contributed by atoms with Gasteiger partial charge in [-0.3, -0.25) is 4.79 Å². The number of rotatable bonds is 4. The first-order valence-electron chi connectivity index (χ1n) is 6.46. The van der Waals surface area contributed by atoms with E-state index in [0.29, 0.717) is 10.6 Å². The van der Waals surface area contributed by atoms with Crippen molar-refractivity contribution in [3.05, 3.63) is 62.2 Å². The molecule has 0 saturated carbocycles. The third-order valence-corrected chi connectivity index (χ3v) is 4.51. The molecule has 0 unspecified atom stereocenters. The van der Waals surface area contributed by atoms with E-state index in [1.54, 1.807) is 12.1 Å². The number of amides is 1. The van der Waals surface area contributed by atoms with E-state index in [2.05, 4.69) is 32.8 Å². The van der Waals surface area contributed by atoms with E-state index in [-0.39, 0.29) is 5.91 Å². The quantitative estimate of drug-likeness (QED) is 0.758. The maximum Gasteiger partial charge on any atom is 0.255 e. The van der Waals surface area contributed by atoms with Crippen molar-refractivity contribution in [1.82, 2.24) is 4.90 Å². The second kappa shape index (κ2) is 7.24. The number of nitrogens with zero attached hydrogens (tertiary/aromatic N) is 1. The van der Waals surface area contributed by atoms with Gasteiger partial charge in [-0.05, 0) is 66.5 Å². The number of anilines is 1.